The number of aliphatic hydroxyl groups is 1. The van der Waals surface area contributed by atoms with Gasteiger partial charge in [0.2, 0.25) is 0 Å². The third kappa shape index (κ3) is 7.64. The second-order valence-electron chi connectivity index (χ2n) is 9.39. The number of rotatable bonds is 13. The van der Waals surface area contributed by atoms with Gasteiger partial charge >= 0.3 is 11.9 Å². The minimum atomic E-state index is -2.42. The molecule has 4 aromatic carbocycles. The van der Waals surface area contributed by atoms with E-state index in [9.17, 15) is 14.7 Å². The molecule has 8 heteroatoms. The zero-order valence-corrected chi connectivity index (χ0v) is 24.5. The number of methoxy groups -OCH3 is 2. The van der Waals surface area contributed by atoms with Crippen molar-refractivity contribution in [1.82, 2.24) is 0 Å². The van der Waals surface area contributed by atoms with Crippen LogP contribution in [0.15, 0.2) is 115 Å². The Hall–Kier alpha value is -4.45. The van der Waals surface area contributed by atoms with Crippen molar-refractivity contribution in [2.24, 2.45) is 0 Å². The Balaban J connectivity index is 1.40. The maximum Gasteiger partial charge on any atom is 0.345 e. The highest BCUT2D eigenvalue weighted by Crippen LogP contribution is 2.55. The van der Waals surface area contributed by atoms with E-state index in [2.05, 4.69) is 0 Å². The number of aliphatic hydroxyl groups excluding tert-OH is 1. The number of hydrogen-bond acceptors (Lipinski definition) is 7. The van der Waals surface area contributed by atoms with Crippen LogP contribution in [0, 0.1) is 0 Å². The lowest BCUT2D eigenvalue weighted by molar-refractivity contribution is -0.147. The minimum absolute atomic E-state index is 0.117. The van der Waals surface area contributed by atoms with Crippen LogP contribution in [0.4, 0.5) is 0 Å². The highest BCUT2D eigenvalue weighted by Gasteiger charge is 2.47. The van der Waals surface area contributed by atoms with Gasteiger partial charge in [-0.2, -0.15) is 0 Å². The van der Waals surface area contributed by atoms with E-state index < -0.39 is 25.3 Å². The van der Waals surface area contributed by atoms with Gasteiger partial charge in [-0.15, -0.1) is 0 Å². The van der Waals surface area contributed by atoms with E-state index in [0.717, 1.165) is 15.9 Å². The summed E-state index contributed by atoms with van der Waals surface area (Å²) in [4.78, 5) is 25.6. The number of hydrogen-bond donors (Lipinski definition) is 1. The summed E-state index contributed by atoms with van der Waals surface area (Å²) in [5.41, 5.74) is 0.709. The highest BCUT2D eigenvalue weighted by molar-refractivity contribution is 7.96. The van der Waals surface area contributed by atoms with Crippen LogP contribution in [0.1, 0.15) is 5.56 Å². The average molecular weight is 586 g/mol. The Bertz CT molecular complexity index is 1380. The number of esters is 2. The Kier molecular flexibility index (Phi) is 10.9. The molecule has 0 bridgehead atoms. The Morgan fingerprint density at radius 3 is 1.71 bits per heavy atom. The fourth-order valence-corrected chi connectivity index (χ4v) is 8.56. The first-order valence-corrected chi connectivity index (χ1v) is 15.4. The van der Waals surface area contributed by atoms with Crippen molar-refractivity contribution in [3.05, 3.63) is 121 Å². The summed E-state index contributed by atoms with van der Waals surface area (Å²) in [7, 11) is 0.654. The summed E-state index contributed by atoms with van der Waals surface area (Å²) in [6.45, 7) is -0.622. The quantitative estimate of drug-likeness (QED) is 0.143. The lowest BCUT2D eigenvalue weighted by atomic mass is 10.2. The van der Waals surface area contributed by atoms with Crippen LogP contribution in [0.2, 0.25) is 0 Å². The summed E-state index contributed by atoms with van der Waals surface area (Å²) in [5, 5.41) is 13.6. The van der Waals surface area contributed by atoms with Crippen molar-refractivity contribution in [1.29, 1.82) is 0 Å². The first-order valence-electron chi connectivity index (χ1n) is 13.4. The summed E-state index contributed by atoms with van der Waals surface area (Å²) in [5.74, 6) is 0.0186. The molecule has 1 N–H and O–H groups in total. The largest absolute Gasteiger partial charge is 0.493 e. The van der Waals surface area contributed by atoms with Gasteiger partial charge in [-0.05, 0) is 60.2 Å². The molecule has 0 amide bonds. The molecular weight excluding hydrogens is 551 g/mol. The van der Waals surface area contributed by atoms with E-state index in [4.69, 9.17) is 18.9 Å². The van der Waals surface area contributed by atoms with Crippen LogP contribution in [-0.4, -0.2) is 56.7 Å². The maximum absolute atomic E-state index is 13.3. The van der Waals surface area contributed by atoms with E-state index in [1.165, 1.54) is 13.2 Å². The molecular formula is C34H34O7P+. The lowest BCUT2D eigenvalue weighted by Gasteiger charge is -2.26. The summed E-state index contributed by atoms with van der Waals surface area (Å²) >= 11 is 0. The maximum atomic E-state index is 13.3. The summed E-state index contributed by atoms with van der Waals surface area (Å²) in [6, 6.07) is 35.2. The molecule has 0 saturated heterocycles. The van der Waals surface area contributed by atoms with Crippen molar-refractivity contribution < 1.29 is 33.6 Å². The molecule has 1 atom stereocenters. The normalized spacial score (nSPS) is 12.0. The summed E-state index contributed by atoms with van der Waals surface area (Å²) in [6.07, 6.45) is 1.76. The van der Waals surface area contributed by atoms with Crippen molar-refractivity contribution in [2.45, 2.75) is 6.10 Å². The highest BCUT2D eigenvalue weighted by atomic mass is 31.2. The molecule has 1 unspecified atom stereocenters. The molecule has 7 nitrogen and oxygen atoms in total. The topological polar surface area (TPSA) is 91.3 Å². The smallest absolute Gasteiger partial charge is 0.345 e. The van der Waals surface area contributed by atoms with Gasteiger partial charge in [-0.1, -0.05) is 60.7 Å². The van der Waals surface area contributed by atoms with E-state index >= 15 is 0 Å². The third-order valence-electron chi connectivity index (χ3n) is 6.63. The van der Waals surface area contributed by atoms with Gasteiger partial charge in [0.15, 0.2) is 17.7 Å². The van der Waals surface area contributed by atoms with Crippen LogP contribution < -0.4 is 25.4 Å². The van der Waals surface area contributed by atoms with E-state index in [1.54, 1.807) is 31.4 Å². The van der Waals surface area contributed by atoms with Crippen molar-refractivity contribution in [2.75, 3.05) is 33.6 Å². The Labute approximate surface area is 246 Å². The molecule has 0 radical (unpaired) electrons. The number of carbonyl (C=O) groups excluding carboxylic acids is 2. The molecule has 0 heterocycles. The molecule has 42 heavy (non-hydrogen) atoms. The molecule has 0 aromatic heterocycles. The molecule has 0 fully saturated rings. The van der Waals surface area contributed by atoms with E-state index in [1.807, 2.05) is 91.0 Å². The van der Waals surface area contributed by atoms with Crippen LogP contribution in [-0.2, 0) is 19.1 Å². The number of carbonyl (C=O) groups is 2. The van der Waals surface area contributed by atoms with Gasteiger partial charge < -0.3 is 24.1 Å². The molecule has 0 aliphatic heterocycles. The zero-order chi connectivity index (χ0) is 29.8. The van der Waals surface area contributed by atoms with Gasteiger partial charge in [0.05, 0.1) is 14.2 Å². The minimum Gasteiger partial charge on any atom is -0.493 e. The molecule has 0 aliphatic rings. The predicted molar refractivity (Wildman–Crippen MR) is 167 cm³/mol. The Morgan fingerprint density at radius 1 is 0.714 bits per heavy atom. The number of benzene rings is 4. The molecule has 4 aromatic rings. The Morgan fingerprint density at radius 2 is 1.21 bits per heavy atom. The van der Waals surface area contributed by atoms with Crippen molar-refractivity contribution >= 4 is 41.2 Å². The van der Waals surface area contributed by atoms with E-state index in [-0.39, 0.29) is 19.4 Å². The first-order chi connectivity index (χ1) is 20.5. The standard InChI is InChI=1S/C34H34O7P/c1-38-31-20-18-26(22-32(31)39-2)19-21-33(36)40-23-27(35)24-41-34(37)25-42(28-12-6-3-7-13-28,29-14-8-4-9-15-29)30-16-10-5-11-17-30/h3-22,27,35H,23-25H2,1-2H3/q+1/b21-19+. The zero-order valence-electron chi connectivity index (χ0n) is 23.6. The second-order valence-corrected chi connectivity index (χ2v) is 12.9. The fraction of sp³-hybridized carbons (Fsp3) is 0.176. The van der Waals surface area contributed by atoms with Crippen LogP contribution in [0.25, 0.3) is 6.08 Å². The average Bonchev–Trinajstić information content (AvgIpc) is 3.05. The monoisotopic (exact) mass is 585 g/mol. The van der Waals surface area contributed by atoms with Crippen molar-refractivity contribution in [3.8, 4) is 11.5 Å². The molecule has 216 valence electrons. The fourth-order valence-electron chi connectivity index (χ4n) is 4.59. The van der Waals surface area contributed by atoms with Crippen LogP contribution >= 0.6 is 7.26 Å². The second kappa shape index (κ2) is 15.0. The molecule has 0 aliphatic carbocycles. The third-order valence-corrected chi connectivity index (χ3v) is 10.9. The van der Waals surface area contributed by atoms with Gasteiger partial charge in [0.25, 0.3) is 0 Å². The molecule has 0 spiro atoms. The predicted octanol–water partition coefficient (Wildman–Crippen LogP) is 4.16. The van der Waals surface area contributed by atoms with E-state index in [0.29, 0.717) is 17.1 Å². The van der Waals surface area contributed by atoms with Crippen LogP contribution in [0.5, 0.6) is 11.5 Å². The van der Waals surface area contributed by atoms with Gasteiger partial charge in [-0.25, -0.2) is 9.59 Å². The van der Waals surface area contributed by atoms with Gasteiger partial charge in [0.1, 0.15) is 42.5 Å². The first kappa shape index (κ1) is 30.5. The number of ether oxygens (including phenoxy) is 4. The van der Waals surface area contributed by atoms with Crippen LogP contribution in [0.3, 0.4) is 0 Å². The lowest BCUT2D eigenvalue weighted by Crippen LogP contribution is -2.37. The van der Waals surface area contributed by atoms with Crippen molar-refractivity contribution in [3.63, 3.8) is 0 Å². The molecule has 4 rings (SSSR count). The SMILES string of the molecule is COc1ccc(/C=C/C(=O)OCC(O)COC(=O)C[P+](c2ccccc2)(c2ccccc2)c2ccccc2)cc1OC. The summed E-state index contributed by atoms with van der Waals surface area (Å²) < 4.78 is 21.2. The van der Waals surface area contributed by atoms with Gasteiger partial charge in [-0.3, -0.25) is 0 Å². The van der Waals surface area contributed by atoms with Gasteiger partial charge in [0, 0.05) is 6.08 Å². The molecule has 0 saturated carbocycles.